The van der Waals surface area contributed by atoms with Gasteiger partial charge < -0.3 is 28.6 Å². The van der Waals surface area contributed by atoms with Gasteiger partial charge in [-0.2, -0.15) is 0 Å². The van der Waals surface area contributed by atoms with E-state index < -0.39 is 18.1 Å². The van der Waals surface area contributed by atoms with E-state index in [0.717, 1.165) is 64.2 Å². The molecular weight excluding hydrogens is 739 g/mol. The molecule has 8 heteroatoms. The normalized spacial score (nSPS) is 13.3. The van der Waals surface area contributed by atoms with Crippen LogP contribution in [0.15, 0.2) is 48.6 Å². The molecule has 0 aliphatic heterocycles. The Balaban J connectivity index is 4.34. The number of ether oxygens (including phenoxy) is 3. The molecule has 2 atom stereocenters. The van der Waals surface area contributed by atoms with Crippen LogP contribution in [-0.2, 0) is 28.6 Å². The number of carbonyl (C=O) groups is 3. The number of aliphatic carboxylic acids is 1. The van der Waals surface area contributed by atoms with Crippen molar-refractivity contribution in [1.29, 1.82) is 0 Å². The van der Waals surface area contributed by atoms with Gasteiger partial charge in [-0.1, -0.05) is 197 Å². The van der Waals surface area contributed by atoms with Gasteiger partial charge in [-0.05, 0) is 38.5 Å². The van der Waals surface area contributed by atoms with Gasteiger partial charge in [0.1, 0.15) is 12.6 Å². The quantitative estimate of drug-likeness (QED) is 0.0261. The van der Waals surface area contributed by atoms with Gasteiger partial charge in [0.2, 0.25) is 0 Å². The third-order valence-corrected chi connectivity index (χ3v) is 10.8. The maximum Gasteiger partial charge on any atom is 0.306 e. The van der Waals surface area contributed by atoms with E-state index in [1.807, 2.05) is 6.08 Å². The van der Waals surface area contributed by atoms with Crippen LogP contribution in [0.1, 0.15) is 206 Å². The lowest BCUT2D eigenvalue weighted by atomic mass is 10.0. The van der Waals surface area contributed by atoms with E-state index in [9.17, 15) is 19.5 Å². The topological polar surface area (TPSA) is 102 Å². The Kier molecular flexibility index (Phi) is 40.1. The molecule has 0 N–H and O–H groups in total. The summed E-state index contributed by atoms with van der Waals surface area (Å²) in [5.74, 6) is -1.76. The fourth-order valence-corrected chi connectivity index (χ4v) is 7.02. The molecule has 342 valence electrons. The largest absolute Gasteiger partial charge is 0.544 e. The lowest BCUT2D eigenvalue weighted by Crippen LogP contribution is -2.55. The zero-order valence-electron chi connectivity index (χ0n) is 38.9. The maximum absolute atomic E-state index is 12.7. The van der Waals surface area contributed by atoms with Crippen LogP contribution in [0.4, 0.5) is 0 Å². The van der Waals surface area contributed by atoms with E-state index in [1.54, 1.807) is 21.1 Å². The molecule has 0 aromatic rings. The number of hydrogen-bond donors (Lipinski definition) is 0. The van der Waals surface area contributed by atoms with E-state index >= 15 is 0 Å². The number of unbranched alkanes of at least 4 members (excludes halogenated alkanes) is 24. The summed E-state index contributed by atoms with van der Waals surface area (Å²) in [6, 6.07) is -0.731. The van der Waals surface area contributed by atoms with Crippen molar-refractivity contribution >= 4 is 17.9 Å². The minimum absolute atomic E-state index is 0.0320. The van der Waals surface area contributed by atoms with Gasteiger partial charge in [-0.3, -0.25) is 9.59 Å². The predicted molar refractivity (Wildman–Crippen MR) is 245 cm³/mol. The van der Waals surface area contributed by atoms with Crippen LogP contribution in [0, 0.1) is 0 Å². The first kappa shape index (κ1) is 56.3. The zero-order valence-corrected chi connectivity index (χ0v) is 38.9. The first-order valence-corrected chi connectivity index (χ1v) is 24.2. The van der Waals surface area contributed by atoms with E-state index in [4.69, 9.17) is 14.2 Å². The molecule has 0 spiro atoms. The molecule has 0 aromatic carbocycles. The Labute approximate surface area is 363 Å². The van der Waals surface area contributed by atoms with Crippen molar-refractivity contribution in [2.45, 2.75) is 219 Å². The molecule has 0 radical (unpaired) electrons. The van der Waals surface area contributed by atoms with Crippen LogP contribution in [-0.4, -0.2) is 75.5 Å². The number of esters is 2. The first-order chi connectivity index (χ1) is 28.6. The number of carboxylic acids is 1. The number of hydrogen-bond acceptors (Lipinski definition) is 7. The van der Waals surface area contributed by atoms with Crippen LogP contribution < -0.4 is 5.11 Å². The van der Waals surface area contributed by atoms with Crippen LogP contribution >= 0.6 is 0 Å². The summed E-state index contributed by atoms with van der Waals surface area (Å²) in [5, 5.41) is 11.6. The highest BCUT2D eigenvalue weighted by Gasteiger charge is 2.25. The number of carboxylic acid groups (broad SMARTS) is 1. The number of quaternary nitrogens is 1. The molecule has 8 nitrogen and oxygen atoms in total. The van der Waals surface area contributed by atoms with Crippen molar-refractivity contribution in [2.24, 2.45) is 0 Å². The summed E-state index contributed by atoms with van der Waals surface area (Å²) in [6.45, 7) is 4.62. The van der Waals surface area contributed by atoms with Gasteiger partial charge in [0, 0.05) is 19.3 Å². The van der Waals surface area contributed by atoms with E-state index in [0.29, 0.717) is 12.8 Å². The maximum atomic E-state index is 12.7. The zero-order chi connectivity index (χ0) is 43.5. The predicted octanol–water partition coefficient (Wildman–Crippen LogP) is 12.3. The highest BCUT2D eigenvalue weighted by Crippen LogP contribution is 2.15. The third kappa shape index (κ3) is 40.5. The molecule has 0 bridgehead atoms. The number of carbonyl (C=O) groups excluding carboxylic acids is 3. The second kappa shape index (κ2) is 42.0. The van der Waals surface area contributed by atoms with Crippen molar-refractivity contribution < 1.29 is 38.2 Å². The molecule has 0 aliphatic carbocycles. The van der Waals surface area contributed by atoms with Gasteiger partial charge in [-0.25, -0.2) is 0 Å². The highest BCUT2D eigenvalue weighted by atomic mass is 16.6. The van der Waals surface area contributed by atoms with Crippen LogP contribution in [0.25, 0.3) is 0 Å². The molecular formula is C51H91NO7. The van der Waals surface area contributed by atoms with Crippen molar-refractivity contribution in [3.63, 3.8) is 0 Å². The standard InChI is InChI=1S/C51H91NO7/c1-6-8-10-12-14-16-18-20-22-24-26-28-30-32-34-36-38-40-42-50(54)59-47(45-57-44-43-48(51(55)56)52(3,4)5)46-58-49(53)41-39-37-35-33-31-29-27-25-23-21-19-17-15-13-11-9-7-2/h14,16,18,20,22,24,26,28,47-48H,6-13,15,17,19,21,23,25,27,29-46H2,1-5H3/b16-14+,20-18+,24-22+,28-26+. The van der Waals surface area contributed by atoms with Gasteiger partial charge in [0.15, 0.2) is 6.10 Å². The second-order valence-electron chi connectivity index (χ2n) is 17.4. The van der Waals surface area contributed by atoms with Crippen molar-refractivity contribution in [3.8, 4) is 0 Å². The van der Waals surface area contributed by atoms with Crippen molar-refractivity contribution in [1.82, 2.24) is 0 Å². The molecule has 0 fully saturated rings. The summed E-state index contributed by atoms with van der Waals surface area (Å²) in [7, 11) is 5.40. The Morgan fingerprint density at radius 1 is 0.508 bits per heavy atom. The van der Waals surface area contributed by atoms with Crippen molar-refractivity contribution in [2.75, 3.05) is 41.0 Å². The lowest BCUT2D eigenvalue weighted by Gasteiger charge is -2.34. The number of rotatable bonds is 43. The Morgan fingerprint density at radius 2 is 0.898 bits per heavy atom. The van der Waals surface area contributed by atoms with Gasteiger partial charge in [0.25, 0.3) is 0 Å². The summed E-state index contributed by atoms with van der Waals surface area (Å²) in [5.41, 5.74) is 0. The Morgan fingerprint density at radius 3 is 1.36 bits per heavy atom. The average Bonchev–Trinajstić information content (AvgIpc) is 3.19. The fraction of sp³-hybridized carbons (Fsp3) is 0.784. The summed E-state index contributed by atoms with van der Waals surface area (Å²) < 4.78 is 17.2. The summed E-state index contributed by atoms with van der Waals surface area (Å²) in [4.78, 5) is 37.0. The third-order valence-electron chi connectivity index (χ3n) is 10.8. The smallest absolute Gasteiger partial charge is 0.306 e. The van der Waals surface area contributed by atoms with E-state index in [-0.39, 0.29) is 42.7 Å². The number of allylic oxidation sites excluding steroid dienone is 8. The Hall–Kier alpha value is -2.71. The lowest BCUT2D eigenvalue weighted by molar-refractivity contribution is -0.889. The fourth-order valence-electron chi connectivity index (χ4n) is 7.02. The monoisotopic (exact) mass is 830 g/mol. The molecule has 0 saturated carbocycles. The van der Waals surface area contributed by atoms with Gasteiger partial charge >= 0.3 is 11.9 Å². The Bertz CT molecular complexity index is 1110. The van der Waals surface area contributed by atoms with Gasteiger partial charge in [-0.15, -0.1) is 0 Å². The molecule has 2 unspecified atom stereocenters. The summed E-state index contributed by atoms with van der Waals surface area (Å²) in [6.07, 6.45) is 49.8. The van der Waals surface area contributed by atoms with E-state index in [1.165, 1.54) is 109 Å². The number of likely N-dealkylation sites (N-methyl/N-ethyl adjacent to an activating group) is 1. The average molecular weight is 830 g/mol. The van der Waals surface area contributed by atoms with Crippen LogP contribution in [0.3, 0.4) is 0 Å². The molecule has 0 aromatic heterocycles. The minimum Gasteiger partial charge on any atom is -0.544 e. The molecule has 0 saturated heterocycles. The molecule has 59 heavy (non-hydrogen) atoms. The molecule has 0 heterocycles. The van der Waals surface area contributed by atoms with Crippen LogP contribution in [0.5, 0.6) is 0 Å². The molecule has 0 rings (SSSR count). The first-order valence-electron chi connectivity index (χ1n) is 24.2. The number of nitrogens with zero attached hydrogens (tertiary/aromatic N) is 1. The van der Waals surface area contributed by atoms with Gasteiger partial charge in [0.05, 0.1) is 40.3 Å². The van der Waals surface area contributed by atoms with Crippen molar-refractivity contribution in [3.05, 3.63) is 48.6 Å². The van der Waals surface area contributed by atoms with E-state index in [2.05, 4.69) is 56.4 Å². The minimum atomic E-state index is -1.13. The molecule has 0 aliphatic rings. The van der Waals surface area contributed by atoms with Crippen LogP contribution in [0.2, 0.25) is 0 Å². The second-order valence-corrected chi connectivity index (χ2v) is 17.4. The summed E-state index contributed by atoms with van der Waals surface area (Å²) >= 11 is 0. The molecule has 0 amide bonds. The SMILES string of the molecule is CCCCC/C=C/C=C/C=C/C=C/CCCCCCCC(=O)OC(COCCC(C(=O)[O-])[N+](C)(C)C)COC(=O)CCCCCCCCCCCCCCCCCCC. The highest BCUT2D eigenvalue weighted by molar-refractivity contribution is 5.70.